The van der Waals surface area contributed by atoms with Crippen molar-refractivity contribution in [2.24, 2.45) is 0 Å². The fourth-order valence-electron chi connectivity index (χ4n) is 1.57. The monoisotopic (exact) mass is 258 g/mol. The lowest BCUT2D eigenvalue weighted by atomic mass is 10.1. The number of halogens is 1. The van der Waals surface area contributed by atoms with E-state index in [9.17, 15) is 9.90 Å². The summed E-state index contributed by atoms with van der Waals surface area (Å²) in [5.74, 6) is -0.00935. The molecule has 0 bridgehead atoms. The van der Waals surface area contributed by atoms with E-state index in [-0.39, 0.29) is 11.3 Å². The van der Waals surface area contributed by atoms with E-state index >= 15 is 0 Å². The second kappa shape index (κ2) is 5.52. The lowest BCUT2D eigenvalue weighted by Crippen LogP contribution is -1.82. The van der Waals surface area contributed by atoms with Crippen LogP contribution in [0.25, 0.3) is 12.2 Å². The number of carbonyl (C=O) groups excluding carboxylic acids is 1. The average Bonchev–Trinajstić information content (AvgIpc) is 2.38. The summed E-state index contributed by atoms with van der Waals surface area (Å²) in [6.07, 6.45) is 4.39. The minimum atomic E-state index is -0.00935. The maximum absolute atomic E-state index is 10.7. The van der Waals surface area contributed by atoms with Crippen molar-refractivity contribution < 1.29 is 9.90 Å². The summed E-state index contributed by atoms with van der Waals surface area (Å²) in [5, 5.41) is 10.1. The Kier molecular flexibility index (Phi) is 3.80. The molecule has 0 aromatic heterocycles. The third kappa shape index (κ3) is 2.99. The Morgan fingerprint density at radius 3 is 2.39 bits per heavy atom. The van der Waals surface area contributed by atoms with Crippen molar-refractivity contribution in [3.8, 4) is 5.75 Å². The Balaban J connectivity index is 2.26. The second-order valence-corrected chi connectivity index (χ2v) is 4.26. The molecule has 0 fully saturated rings. The van der Waals surface area contributed by atoms with Gasteiger partial charge in [-0.2, -0.15) is 0 Å². The lowest BCUT2D eigenvalue weighted by Gasteiger charge is -1.99. The van der Waals surface area contributed by atoms with Gasteiger partial charge in [0.25, 0.3) is 0 Å². The van der Waals surface area contributed by atoms with Crippen LogP contribution < -0.4 is 0 Å². The van der Waals surface area contributed by atoms with Crippen LogP contribution in [0.15, 0.2) is 42.5 Å². The van der Waals surface area contributed by atoms with Gasteiger partial charge in [0.15, 0.2) is 6.29 Å². The molecule has 3 heteroatoms. The topological polar surface area (TPSA) is 37.3 Å². The van der Waals surface area contributed by atoms with E-state index in [1.54, 1.807) is 12.1 Å². The first kappa shape index (κ1) is 12.4. The highest BCUT2D eigenvalue weighted by molar-refractivity contribution is 6.30. The van der Waals surface area contributed by atoms with Crippen molar-refractivity contribution in [1.29, 1.82) is 0 Å². The summed E-state index contributed by atoms with van der Waals surface area (Å²) in [6.45, 7) is 0. The number of rotatable bonds is 3. The molecule has 0 unspecified atom stereocenters. The van der Waals surface area contributed by atoms with Crippen molar-refractivity contribution >= 4 is 30.0 Å². The number of hydrogen-bond acceptors (Lipinski definition) is 2. The van der Waals surface area contributed by atoms with Gasteiger partial charge in [-0.3, -0.25) is 4.79 Å². The maximum atomic E-state index is 10.7. The molecule has 0 aliphatic carbocycles. The van der Waals surface area contributed by atoms with E-state index < -0.39 is 0 Å². The van der Waals surface area contributed by atoms with Crippen LogP contribution >= 0.6 is 11.6 Å². The third-order valence-corrected chi connectivity index (χ3v) is 2.73. The smallest absolute Gasteiger partial charge is 0.153 e. The van der Waals surface area contributed by atoms with Crippen LogP contribution in [-0.4, -0.2) is 11.4 Å². The molecule has 0 heterocycles. The van der Waals surface area contributed by atoms with Crippen LogP contribution in [0.1, 0.15) is 21.5 Å². The minimum Gasteiger partial charge on any atom is -0.507 e. The van der Waals surface area contributed by atoms with E-state index in [2.05, 4.69) is 0 Å². The first-order valence-electron chi connectivity index (χ1n) is 5.41. The molecule has 2 rings (SSSR count). The fraction of sp³-hybridized carbons (Fsp3) is 0. The summed E-state index contributed by atoms with van der Waals surface area (Å²) in [4.78, 5) is 10.7. The molecule has 0 saturated carbocycles. The number of hydrogen-bond donors (Lipinski definition) is 1. The van der Waals surface area contributed by atoms with Gasteiger partial charge >= 0.3 is 0 Å². The lowest BCUT2D eigenvalue weighted by molar-refractivity contribution is 0.112. The molecule has 2 nitrogen and oxygen atoms in total. The molecule has 2 aromatic carbocycles. The summed E-state index contributed by atoms with van der Waals surface area (Å²) < 4.78 is 0. The van der Waals surface area contributed by atoms with Crippen LogP contribution in [0, 0.1) is 0 Å². The number of phenols is 1. The van der Waals surface area contributed by atoms with Crippen molar-refractivity contribution in [2.75, 3.05) is 0 Å². The van der Waals surface area contributed by atoms with Crippen molar-refractivity contribution in [3.63, 3.8) is 0 Å². The van der Waals surface area contributed by atoms with Gasteiger partial charge in [-0.25, -0.2) is 0 Å². The van der Waals surface area contributed by atoms with Gasteiger partial charge in [0.1, 0.15) is 5.75 Å². The standard InChI is InChI=1S/C15H11ClO2/c16-14-3-1-2-11(9-14)4-5-12-6-7-15(18)13(8-12)10-17/h1-10,18H/b5-4+. The quantitative estimate of drug-likeness (QED) is 0.667. The molecule has 2 aromatic rings. The van der Waals surface area contributed by atoms with Gasteiger partial charge in [-0.1, -0.05) is 42.0 Å². The Labute approximate surface area is 110 Å². The molecule has 0 atom stereocenters. The van der Waals surface area contributed by atoms with Crippen LogP contribution in [0.5, 0.6) is 5.75 Å². The first-order chi connectivity index (χ1) is 8.69. The highest BCUT2D eigenvalue weighted by atomic mass is 35.5. The van der Waals surface area contributed by atoms with Gasteiger partial charge < -0.3 is 5.11 Å². The van der Waals surface area contributed by atoms with Gasteiger partial charge in [0.2, 0.25) is 0 Å². The predicted octanol–water partition coefficient (Wildman–Crippen LogP) is 4.03. The molecule has 0 aliphatic heterocycles. The molecule has 0 amide bonds. The number of aromatic hydroxyl groups is 1. The number of phenolic OH excluding ortho intramolecular Hbond substituents is 1. The maximum Gasteiger partial charge on any atom is 0.153 e. The number of aldehydes is 1. The van der Waals surface area contributed by atoms with E-state index in [0.29, 0.717) is 11.3 Å². The normalized spacial score (nSPS) is 10.7. The summed E-state index contributed by atoms with van der Waals surface area (Å²) >= 11 is 5.88. The summed E-state index contributed by atoms with van der Waals surface area (Å²) in [5.41, 5.74) is 2.10. The number of carbonyl (C=O) groups is 1. The molecule has 0 spiro atoms. The molecule has 0 radical (unpaired) electrons. The highest BCUT2D eigenvalue weighted by Gasteiger charge is 1.99. The predicted molar refractivity (Wildman–Crippen MR) is 73.9 cm³/mol. The highest BCUT2D eigenvalue weighted by Crippen LogP contribution is 2.19. The van der Waals surface area contributed by atoms with Crippen LogP contribution in [0.3, 0.4) is 0 Å². The molecular weight excluding hydrogens is 248 g/mol. The van der Waals surface area contributed by atoms with Gasteiger partial charge in [-0.05, 0) is 35.4 Å². The molecule has 0 saturated heterocycles. The van der Waals surface area contributed by atoms with Crippen molar-refractivity contribution in [2.45, 2.75) is 0 Å². The Morgan fingerprint density at radius 1 is 1.00 bits per heavy atom. The van der Waals surface area contributed by atoms with E-state index in [0.717, 1.165) is 11.1 Å². The van der Waals surface area contributed by atoms with Gasteiger partial charge in [0, 0.05) is 5.02 Å². The second-order valence-electron chi connectivity index (χ2n) is 3.82. The van der Waals surface area contributed by atoms with E-state index in [1.807, 2.05) is 36.4 Å². The first-order valence-corrected chi connectivity index (χ1v) is 5.79. The van der Waals surface area contributed by atoms with Crippen molar-refractivity contribution in [3.05, 3.63) is 64.2 Å². The largest absolute Gasteiger partial charge is 0.507 e. The molecule has 90 valence electrons. The van der Waals surface area contributed by atoms with E-state index in [4.69, 9.17) is 11.6 Å². The van der Waals surface area contributed by atoms with Crippen LogP contribution in [0.2, 0.25) is 5.02 Å². The zero-order chi connectivity index (χ0) is 13.0. The molecule has 18 heavy (non-hydrogen) atoms. The zero-order valence-electron chi connectivity index (χ0n) is 9.51. The zero-order valence-corrected chi connectivity index (χ0v) is 10.3. The van der Waals surface area contributed by atoms with Crippen molar-refractivity contribution in [1.82, 2.24) is 0 Å². The summed E-state index contributed by atoms with van der Waals surface area (Å²) in [6, 6.07) is 12.3. The minimum absolute atomic E-state index is 0.00935. The molecule has 1 N–H and O–H groups in total. The average molecular weight is 259 g/mol. The van der Waals surface area contributed by atoms with Gasteiger partial charge in [0.05, 0.1) is 5.56 Å². The molecular formula is C15H11ClO2. The Hall–Kier alpha value is -2.06. The van der Waals surface area contributed by atoms with Crippen LogP contribution in [-0.2, 0) is 0 Å². The number of benzene rings is 2. The SMILES string of the molecule is O=Cc1cc(/C=C/c2cccc(Cl)c2)ccc1O. The Morgan fingerprint density at radius 2 is 1.72 bits per heavy atom. The Bertz CT molecular complexity index is 603. The van der Waals surface area contributed by atoms with E-state index in [1.165, 1.54) is 6.07 Å². The summed E-state index contributed by atoms with van der Waals surface area (Å²) in [7, 11) is 0. The van der Waals surface area contributed by atoms with Gasteiger partial charge in [-0.15, -0.1) is 0 Å². The van der Waals surface area contributed by atoms with Crippen LogP contribution in [0.4, 0.5) is 0 Å². The fourth-order valence-corrected chi connectivity index (χ4v) is 1.77. The molecule has 0 aliphatic rings. The third-order valence-electron chi connectivity index (χ3n) is 2.50.